The Bertz CT molecular complexity index is 439. The number of rotatable bonds is 4. The molecule has 2 aromatic rings. The van der Waals surface area contributed by atoms with Crippen LogP contribution in [0.4, 0.5) is 0 Å². The van der Waals surface area contributed by atoms with E-state index in [1.807, 2.05) is 34.9 Å². The van der Waals surface area contributed by atoms with Gasteiger partial charge in [0.2, 0.25) is 0 Å². The Morgan fingerprint density at radius 1 is 1.31 bits per heavy atom. The van der Waals surface area contributed by atoms with E-state index >= 15 is 0 Å². The summed E-state index contributed by atoms with van der Waals surface area (Å²) in [6.45, 7) is 0.657. The highest BCUT2D eigenvalue weighted by Crippen LogP contribution is 2.11. The largest absolute Gasteiger partial charge is 0.394 e. The molecule has 1 aromatic carbocycles. The monoisotopic (exact) mass is 217 g/mol. The third-order valence-electron chi connectivity index (χ3n) is 2.52. The molecule has 0 amide bonds. The van der Waals surface area contributed by atoms with Crippen molar-refractivity contribution in [2.24, 2.45) is 5.73 Å². The van der Waals surface area contributed by atoms with E-state index in [-0.39, 0.29) is 12.6 Å². The lowest BCUT2D eigenvalue weighted by atomic mass is 10.2. The molecule has 1 aromatic heterocycles. The van der Waals surface area contributed by atoms with Crippen LogP contribution < -0.4 is 5.73 Å². The Kier molecular flexibility index (Phi) is 3.34. The predicted octanol–water partition coefficient (Wildman–Crippen LogP) is 0.923. The molecule has 0 bridgehead atoms. The van der Waals surface area contributed by atoms with Gasteiger partial charge >= 0.3 is 0 Å². The fourth-order valence-electron chi connectivity index (χ4n) is 1.65. The van der Waals surface area contributed by atoms with E-state index in [2.05, 4.69) is 4.98 Å². The second kappa shape index (κ2) is 4.92. The van der Waals surface area contributed by atoms with Gasteiger partial charge in [-0.3, -0.25) is 0 Å². The highest BCUT2D eigenvalue weighted by Gasteiger charge is 2.10. The Hall–Kier alpha value is -1.65. The van der Waals surface area contributed by atoms with Crippen molar-refractivity contribution in [1.29, 1.82) is 0 Å². The van der Waals surface area contributed by atoms with Crippen LogP contribution in [0.25, 0.3) is 0 Å². The molecule has 0 aliphatic heterocycles. The second-order valence-corrected chi connectivity index (χ2v) is 3.72. The average molecular weight is 217 g/mol. The van der Waals surface area contributed by atoms with E-state index < -0.39 is 0 Å². The zero-order valence-corrected chi connectivity index (χ0v) is 8.95. The molecule has 4 nitrogen and oxygen atoms in total. The van der Waals surface area contributed by atoms with Crippen LogP contribution in [0.2, 0.25) is 0 Å². The lowest BCUT2D eigenvalue weighted by Crippen LogP contribution is -2.18. The van der Waals surface area contributed by atoms with E-state index in [9.17, 15) is 0 Å². The molecule has 0 aliphatic carbocycles. The third-order valence-corrected chi connectivity index (χ3v) is 2.52. The van der Waals surface area contributed by atoms with E-state index in [4.69, 9.17) is 10.8 Å². The quantitative estimate of drug-likeness (QED) is 0.800. The van der Waals surface area contributed by atoms with E-state index in [0.29, 0.717) is 0 Å². The van der Waals surface area contributed by atoms with E-state index in [0.717, 1.165) is 12.2 Å². The normalized spacial score (nSPS) is 12.6. The number of hydrogen-bond donors (Lipinski definition) is 2. The molecule has 1 heterocycles. The first-order chi connectivity index (χ1) is 7.81. The number of aliphatic hydroxyl groups excluding tert-OH is 1. The van der Waals surface area contributed by atoms with Crippen LogP contribution in [0.15, 0.2) is 42.9 Å². The Balaban J connectivity index is 2.19. The maximum atomic E-state index is 9.03. The number of aromatic nitrogens is 2. The molecule has 0 saturated heterocycles. The van der Waals surface area contributed by atoms with Crippen LogP contribution in [0.3, 0.4) is 0 Å². The average Bonchev–Trinajstić information content (AvgIpc) is 2.77. The molecule has 16 heavy (non-hydrogen) atoms. The maximum absolute atomic E-state index is 9.03. The lowest BCUT2D eigenvalue weighted by molar-refractivity contribution is 0.263. The van der Waals surface area contributed by atoms with Gasteiger partial charge in [0.1, 0.15) is 0 Å². The summed E-state index contributed by atoms with van der Waals surface area (Å²) in [5.41, 5.74) is 7.82. The number of nitrogens with two attached hydrogens (primary N) is 1. The second-order valence-electron chi connectivity index (χ2n) is 3.72. The smallest absolute Gasteiger partial charge is 0.0951 e. The topological polar surface area (TPSA) is 64.1 Å². The first-order valence-corrected chi connectivity index (χ1v) is 5.21. The number of nitrogens with zero attached hydrogens (tertiary/aromatic N) is 2. The SMILES string of the molecule is NC(CO)c1cncn1Cc1ccccc1. The van der Waals surface area contributed by atoms with Crippen molar-refractivity contribution >= 4 is 0 Å². The highest BCUT2D eigenvalue weighted by molar-refractivity contribution is 5.17. The van der Waals surface area contributed by atoms with Crippen LogP contribution in [-0.4, -0.2) is 21.3 Å². The van der Waals surface area contributed by atoms with Gasteiger partial charge in [-0.25, -0.2) is 4.98 Å². The minimum Gasteiger partial charge on any atom is -0.394 e. The molecule has 4 heteroatoms. The molecule has 2 rings (SSSR count). The van der Waals surface area contributed by atoms with Crippen molar-refractivity contribution < 1.29 is 5.11 Å². The Labute approximate surface area is 94.4 Å². The van der Waals surface area contributed by atoms with Gasteiger partial charge in [0.15, 0.2) is 0 Å². The van der Waals surface area contributed by atoms with Crippen molar-refractivity contribution in [3.63, 3.8) is 0 Å². The summed E-state index contributed by atoms with van der Waals surface area (Å²) in [4.78, 5) is 4.06. The summed E-state index contributed by atoms with van der Waals surface area (Å²) in [6.07, 6.45) is 3.43. The zero-order valence-electron chi connectivity index (χ0n) is 8.95. The molecule has 0 radical (unpaired) electrons. The summed E-state index contributed by atoms with van der Waals surface area (Å²) in [7, 11) is 0. The first-order valence-electron chi connectivity index (χ1n) is 5.21. The van der Waals surface area contributed by atoms with Crippen LogP contribution in [0.5, 0.6) is 0 Å². The molecule has 0 aliphatic rings. The van der Waals surface area contributed by atoms with Crippen LogP contribution >= 0.6 is 0 Å². The van der Waals surface area contributed by atoms with Gasteiger partial charge in [0.25, 0.3) is 0 Å². The first kappa shape index (κ1) is 10.9. The highest BCUT2D eigenvalue weighted by atomic mass is 16.3. The summed E-state index contributed by atoms with van der Waals surface area (Å²) in [5, 5.41) is 9.03. The molecule has 1 unspecified atom stereocenters. The van der Waals surface area contributed by atoms with Gasteiger partial charge in [-0.15, -0.1) is 0 Å². The Morgan fingerprint density at radius 2 is 2.06 bits per heavy atom. The van der Waals surface area contributed by atoms with Crippen LogP contribution in [0, 0.1) is 0 Å². The Morgan fingerprint density at radius 3 is 2.75 bits per heavy atom. The number of imidazole rings is 1. The summed E-state index contributed by atoms with van der Waals surface area (Å²) in [5.74, 6) is 0. The maximum Gasteiger partial charge on any atom is 0.0951 e. The molecule has 0 saturated carbocycles. The number of hydrogen-bond acceptors (Lipinski definition) is 3. The lowest BCUT2D eigenvalue weighted by Gasteiger charge is -2.12. The zero-order chi connectivity index (χ0) is 11.4. The minimum atomic E-state index is -0.369. The number of benzene rings is 1. The van der Waals surface area contributed by atoms with Crippen molar-refractivity contribution in [3.05, 3.63) is 54.1 Å². The van der Waals surface area contributed by atoms with Crippen LogP contribution in [0.1, 0.15) is 17.3 Å². The van der Waals surface area contributed by atoms with Crippen molar-refractivity contribution in [1.82, 2.24) is 9.55 Å². The van der Waals surface area contributed by atoms with Gasteiger partial charge < -0.3 is 15.4 Å². The van der Waals surface area contributed by atoms with E-state index in [1.54, 1.807) is 12.5 Å². The van der Waals surface area contributed by atoms with Crippen LogP contribution in [-0.2, 0) is 6.54 Å². The van der Waals surface area contributed by atoms with E-state index in [1.165, 1.54) is 5.56 Å². The molecule has 1 atom stereocenters. The molecule has 3 N–H and O–H groups in total. The summed E-state index contributed by atoms with van der Waals surface area (Å²) >= 11 is 0. The minimum absolute atomic E-state index is 0.0690. The molecule has 84 valence electrons. The fraction of sp³-hybridized carbons (Fsp3) is 0.250. The third kappa shape index (κ3) is 2.29. The van der Waals surface area contributed by atoms with Gasteiger partial charge in [-0.05, 0) is 5.56 Å². The predicted molar refractivity (Wildman–Crippen MR) is 61.8 cm³/mol. The van der Waals surface area contributed by atoms with Gasteiger partial charge in [0.05, 0.1) is 24.7 Å². The van der Waals surface area contributed by atoms with Gasteiger partial charge in [-0.2, -0.15) is 0 Å². The standard InChI is InChI=1S/C12H15N3O/c13-11(8-16)12-6-14-9-15(12)7-10-4-2-1-3-5-10/h1-6,9,11,16H,7-8,13H2. The number of aliphatic hydroxyl groups is 1. The molecular weight excluding hydrogens is 202 g/mol. The van der Waals surface area contributed by atoms with Crippen molar-refractivity contribution in [2.75, 3.05) is 6.61 Å². The fourth-order valence-corrected chi connectivity index (χ4v) is 1.65. The van der Waals surface area contributed by atoms with Gasteiger partial charge in [-0.1, -0.05) is 30.3 Å². The molecule has 0 fully saturated rings. The summed E-state index contributed by atoms with van der Waals surface area (Å²) < 4.78 is 1.95. The van der Waals surface area contributed by atoms with Gasteiger partial charge in [0, 0.05) is 12.7 Å². The molecular formula is C12H15N3O. The molecule has 0 spiro atoms. The summed E-state index contributed by atoms with van der Waals surface area (Å²) in [6, 6.07) is 9.71. The van der Waals surface area contributed by atoms with Crippen molar-refractivity contribution in [2.45, 2.75) is 12.6 Å². The van der Waals surface area contributed by atoms with Crippen molar-refractivity contribution in [3.8, 4) is 0 Å².